The summed E-state index contributed by atoms with van der Waals surface area (Å²) >= 11 is 0. The van der Waals surface area contributed by atoms with Crippen molar-refractivity contribution in [3.05, 3.63) is 36.3 Å². The summed E-state index contributed by atoms with van der Waals surface area (Å²) in [6.07, 6.45) is 11.6. The van der Waals surface area contributed by atoms with Gasteiger partial charge in [0, 0.05) is 28.1 Å². The van der Waals surface area contributed by atoms with Crippen molar-refractivity contribution in [1.82, 2.24) is 19.7 Å². The molecule has 4 N–H and O–H groups in total. The molecule has 1 aliphatic heterocycles. The van der Waals surface area contributed by atoms with E-state index in [-0.39, 0.29) is 51.1 Å². The Morgan fingerprint density at radius 2 is 1.84 bits per heavy atom. The fourth-order valence-corrected chi connectivity index (χ4v) is 13.0. The zero-order chi connectivity index (χ0) is 40.9. The van der Waals surface area contributed by atoms with Crippen LogP contribution in [0, 0.1) is 62.1 Å². The Hall–Kier alpha value is -3.15. The lowest BCUT2D eigenvalue weighted by Gasteiger charge is -2.71. The normalized spacial score (nSPS) is 39.7. The van der Waals surface area contributed by atoms with E-state index in [0.717, 1.165) is 44.1 Å². The summed E-state index contributed by atoms with van der Waals surface area (Å²) in [5, 5.41) is 18.8. The number of nitrogens with zero attached hydrogens (tertiary/aromatic N) is 4. The van der Waals surface area contributed by atoms with Gasteiger partial charge in [0.1, 0.15) is 12.1 Å². The summed E-state index contributed by atoms with van der Waals surface area (Å²) in [5.41, 5.74) is 6.91. The summed E-state index contributed by atoms with van der Waals surface area (Å²) in [6.45, 7) is 26.2. The fourth-order valence-electron chi connectivity index (χ4n) is 13.0. The van der Waals surface area contributed by atoms with Gasteiger partial charge in [-0.1, -0.05) is 80.9 Å². The minimum absolute atomic E-state index is 0.196. The number of carbonyl (C=O) groups is 2. The highest BCUT2D eigenvalue weighted by Crippen LogP contribution is 2.75. The molecule has 11 heteroatoms. The van der Waals surface area contributed by atoms with Crippen molar-refractivity contribution >= 4 is 18.2 Å². The van der Waals surface area contributed by atoms with Gasteiger partial charge in [-0.25, -0.2) is 14.6 Å². The van der Waals surface area contributed by atoms with E-state index in [1.807, 2.05) is 12.1 Å². The molecule has 0 radical (unpaired) electrons. The minimum Gasteiger partial charge on any atom is -0.481 e. The third-order valence-electron chi connectivity index (χ3n) is 17.5. The van der Waals surface area contributed by atoms with Crippen LogP contribution in [0.1, 0.15) is 121 Å². The molecule has 12 atom stereocenters. The summed E-state index contributed by atoms with van der Waals surface area (Å²) < 4.78 is 16.1. The van der Waals surface area contributed by atoms with Crippen molar-refractivity contribution < 1.29 is 24.2 Å². The van der Waals surface area contributed by atoms with Gasteiger partial charge in [-0.05, 0) is 103 Å². The van der Waals surface area contributed by atoms with Crippen LogP contribution in [0.15, 0.2) is 36.3 Å². The van der Waals surface area contributed by atoms with E-state index in [2.05, 4.69) is 97.2 Å². The summed E-state index contributed by atoms with van der Waals surface area (Å²) in [7, 11) is 0. The molecule has 308 valence electrons. The van der Waals surface area contributed by atoms with E-state index in [0.29, 0.717) is 49.7 Å². The molecule has 0 unspecified atom stereocenters. The highest BCUT2D eigenvalue weighted by Gasteiger charge is 2.72. The largest absolute Gasteiger partial charge is 0.481 e. The number of hydrogen-bond acceptors (Lipinski definition) is 8. The predicted octanol–water partition coefficient (Wildman–Crippen LogP) is 8.19. The van der Waals surface area contributed by atoms with Crippen LogP contribution in [0.2, 0.25) is 0 Å². The van der Waals surface area contributed by atoms with Crippen molar-refractivity contribution in [3.63, 3.8) is 0 Å². The summed E-state index contributed by atoms with van der Waals surface area (Å²) in [5.74, 6) is 1.23. The number of anilines is 1. The number of aliphatic carboxylic acids is 1. The molecule has 7 rings (SSSR count). The van der Waals surface area contributed by atoms with Crippen LogP contribution in [0.25, 0.3) is 11.4 Å². The van der Waals surface area contributed by atoms with Crippen LogP contribution in [0.3, 0.4) is 0 Å². The number of carboxylic acid groups (broad SMARTS) is 1. The second kappa shape index (κ2) is 13.7. The van der Waals surface area contributed by atoms with Crippen LogP contribution in [-0.4, -0.2) is 68.7 Å². The molecule has 5 aliphatic rings. The first-order valence-corrected chi connectivity index (χ1v) is 21.1. The van der Waals surface area contributed by atoms with Gasteiger partial charge >= 0.3 is 5.97 Å². The lowest BCUT2D eigenvalue weighted by molar-refractivity contribution is -0.253. The van der Waals surface area contributed by atoms with Crippen molar-refractivity contribution in [2.45, 2.75) is 132 Å². The number of hydrogen-bond donors (Lipinski definition) is 3. The van der Waals surface area contributed by atoms with E-state index in [4.69, 9.17) is 25.3 Å². The second-order valence-corrected chi connectivity index (χ2v) is 21.2. The van der Waals surface area contributed by atoms with Crippen LogP contribution in [0.4, 0.5) is 5.82 Å². The number of allylic oxidation sites excluding steroid dienone is 1. The zero-order valence-corrected chi connectivity index (χ0v) is 35.8. The quantitative estimate of drug-likeness (QED) is 0.160. The zero-order valence-electron chi connectivity index (χ0n) is 35.8. The maximum atomic E-state index is 13.6. The standard InChI is InChI=1S/C45H68N6O5/c1-27(2)28(3)40(7)17-18-42(9)30-12-13-33-41(8)22-55-24-45(33,31(30)14-16-43(42,10)35(40)38(53)54)21-32(36(41)56-23-44(11,46)39(4,5)6)51-37(48-25-50-51)29-15-19-47-34(20-29)49-26-52/h14-15,19-20,25-28,30,32-33,35-36H,12-13,16-18,21-24,46H2,1-11H3,(H,53,54)(H,47,49,52)/t28-,30+,32-,33+,35-,36+,40-,41-,42-,43+,44+,45+/m1/s1. The number of nitrogens with one attached hydrogen (secondary N) is 1. The Labute approximate surface area is 334 Å². The molecule has 2 aromatic rings. The highest BCUT2D eigenvalue weighted by molar-refractivity contribution is 5.73. The van der Waals surface area contributed by atoms with Gasteiger partial charge in [-0.2, -0.15) is 5.10 Å². The number of carbonyl (C=O) groups excluding carboxylic acids is 1. The Morgan fingerprint density at radius 1 is 1.11 bits per heavy atom. The predicted molar refractivity (Wildman–Crippen MR) is 217 cm³/mol. The summed E-state index contributed by atoms with van der Waals surface area (Å²) in [6, 6.07) is 3.52. The molecule has 56 heavy (non-hydrogen) atoms. The van der Waals surface area contributed by atoms with Crippen molar-refractivity contribution in [2.24, 2.45) is 67.8 Å². The van der Waals surface area contributed by atoms with E-state index in [9.17, 15) is 14.7 Å². The number of amides is 1. The lowest BCUT2D eigenvalue weighted by atomic mass is 9.34. The number of nitrogens with two attached hydrogens (primary N) is 1. The smallest absolute Gasteiger partial charge is 0.307 e. The Kier molecular flexibility index (Phi) is 10.1. The Balaban J connectivity index is 1.36. The van der Waals surface area contributed by atoms with Crippen molar-refractivity contribution in [2.75, 3.05) is 25.1 Å². The highest BCUT2D eigenvalue weighted by atomic mass is 16.5. The minimum atomic E-state index is -0.646. The first-order chi connectivity index (χ1) is 26.1. The van der Waals surface area contributed by atoms with E-state index >= 15 is 0 Å². The van der Waals surface area contributed by atoms with Crippen molar-refractivity contribution in [1.29, 1.82) is 0 Å². The molecule has 4 fully saturated rings. The van der Waals surface area contributed by atoms with Crippen LogP contribution in [0.5, 0.6) is 0 Å². The first kappa shape index (κ1) is 41.0. The number of ether oxygens (including phenoxy) is 2. The second-order valence-electron chi connectivity index (χ2n) is 21.2. The van der Waals surface area contributed by atoms with Crippen LogP contribution >= 0.6 is 0 Å². The maximum absolute atomic E-state index is 13.6. The number of pyridine rings is 1. The van der Waals surface area contributed by atoms with Gasteiger partial charge in [0.2, 0.25) is 6.41 Å². The topological polar surface area (TPSA) is 154 Å². The monoisotopic (exact) mass is 773 g/mol. The molecule has 1 amide bonds. The van der Waals surface area contributed by atoms with Gasteiger partial charge in [0.05, 0.1) is 37.9 Å². The van der Waals surface area contributed by atoms with Gasteiger partial charge in [-0.15, -0.1) is 0 Å². The molecule has 2 bridgehead atoms. The van der Waals surface area contributed by atoms with Crippen LogP contribution < -0.4 is 11.1 Å². The number of aromatic nitrogens is 4. The van der Waals surface area contributed by atoms with Gasteiger partial charge in [-0.3, -0.25) is 9.59 Å². The number of carboxylic acids is 1. The molecular weight excluding hydrogens is 705 g/mol. The number of fused-ring (bicyclic) bond motifs is 3. The molecule has 11 nitrogen and oxygen atoms in total. The third kappa shape index (κ3) is 5.86. The summed E-state index contributed by atoms with van der Waals surface area (Å²) in [4.78, 5) is 34.1. The molecule has 0 spiro atoms. The van der Waals surface area contributed by atoms with Gasteiger partial charge in [0.25, 0.3) is 0 Å². The molecule has 1 saturated heterocycles. The van der Waals surface area contributed by atoms with E-state index < -0.39 is 22.8 Å². The molecule has 2 aromatic heterocycles. The molecular formula is C45H68N6O5. The van der Waals surface area contributed by atoms with E-state index in [1.54, 1.807) is 12.5 Å². The molecule has 4 aliphatic carbocycles. The third-order valence-corrected chi connectivity index (χ3v) is 17.5. The van der Waals surface area contributed by atoms with Crippen molar-refractivity contribution in [3.8, 4) is 11.4 Å². The average molecular weight is 773 g/mol. The molecule has 3 heterocycles. The fraction of sp³-hybridized carbons (Fsp3) is 0.756. The van der Waals surface area contributed by atoms with Gasteiger partial charge in [0.15, 0.2) is 5.82 Å². The Morgan fingerprint density at radius 3 is 2.50 bits per heavy atom. The maximum Gasteiger partial charge on any atom is 0.307 e. The van der Waals surface area contributed by atoms with Crippen LogP contribution in [-0.2, 0) is 19.1 Å². The first-order valence-electron chi connectivity index (χ1n) is 21.1. The average Bonchev–Trinajstić information content (AvgIpc) is 3.61. The van der Waals surface area contributed by atoms with Gasteiger partial charge < -0.3 is 25.6 Å². The lowest BCUT2D eigenvalue weighted by Crippen LogP contribution is -2.69. The molecule has 3 saturated carbocycles. The van der Waals surface area contributed by atoms with E-state index in [1.165, 1.54) is 5.57 Å². The molecule has 0 aromatic carbocycles. The Bertz CT molecular complexity index is 1870. The SMILES string of the molecule is CC(C)[C@@H](C)[C@@]1(C)CC[C@]2(C)[C@H]3CC[C@@H]4[C@@]5(COC[C@@]4(C)[C@@H](OC[C@](C)(N)C(C)(C)C)[C@H](n4ncnc4-c4ccnc(NC=O)c4)C5)C3=CC[C@@]2(C)[C@@H]1C(=O)O. The number of rotatable bonds is 10.